The van der Waals surface area contributed by atoms with Gasteiger partial charge in [-0.15, -0.1) is 0 Å². The highest BCUT2D eigenvalue weighted by Crippen LogP contribution is 2.26. The summed E-state index contributed by atoms with van der Waals surface area (Å²) >= 11 is 0. The Balaban J connectivity index is 2.85. The van der Waals surface area contributed by atoms with Crippen LogP contribution in [-0.2, 0) is 4.79 Å². The molecule has 0 bridgehead atoms. The molecule has 0 aliphatic carbocycles. The summed E-state index contributed by atoms with van der Waals surface area (Å²) in [5.41, 5.74) is 0.0864. The molecule has 0 amide bonds. The Morgan fingerprint density at radius 2 is 2.20 bits per heavy atom. The molecule has 1 unspecified atom stereocenters. The quantitative estimate of drug-likeness (QED) is 0.829. The zero-order valence-electron chi connectivity index (χ0n) is 9.52. The van der Waals surface area contributed by atoms with E-state index in [9.17, 15) is 4.79 Å². The maximum absolute atomic E-state index is 11.1. The number of nitrogens with zero attached hydrogens (tertiary/aromatic N) is 1. The smallest absolute Gasteiger partial charge is 0.323 e. The van der Waals surface area contributed by atoms with Gasteiger partial charge in [0.25, 0.3) is 0 Å². The maximum Gasteiger partial charge on any atom is 0.323 e. The minimum atomic E-state index is -0.892. The van der Waals surface area contributed by atoms with Crippen molar-refractivity contribution in [1.82, 2.24) is 4.90 Å². The zero-order valence-corrected chi connectivity index (χ0v) is 9.52. The summed E-state index contributed by atoms with van der Waals surface area (Å²) in [6, 6.07) is 1.86. The average Bonchev–Trinajstić information content (AvgIpc) is 2.67. The lowest BCUT2D eigenvalue weighted by molar-refractivity contribution is -0.149. The minimum absolute atomic E-state index is 0.00912. The molecule has 0 radical (unpaired) electrons. The molecule has 0 spiro atoms. The normalized spacial score (nSPS) is 14.2. The van der Waals surface area contributed by atoms with Gasteiger partial charge in [-0.05, 0) is 33.9 Å². The third kappa shape index (κ3) is 2.21. The summed E-state index contributed by atoms with van der Waals surface area (Å²) in [5, 5.41) is 9.09. The van der Waals surface area contributed by atoms with Crippen molar-refractivity contribution in [3.8, 4) is 0 Å². The SMILES string of the molecule is CC(c1ccoc1)N(C)C(C)(C)C(=O)O. The second kappa shape index (κ2) is 4.06. The first-order valence-electron chi connectivity index (χ1n) is 4.85. The predicted molar refractivity (Wildman–Crippen MR) is 56.6 cm³/mol. The molecule has 1 aromatic heterocycles. The van der Waals surface area contributed by atoms with Gasteiger partial charge in [0.15, 0.2) is 0 Å². The highest BCUT2D eigenvalue weighted by atomic mass is 16.4. The maximum atomic E-state index is 11.1. The molecular formula is C11H17NO3. The molecule has 84 valence electrons. The molecule has 4 nitrogen and oxygen atoms in total. The Morgan fingerprint density at radius 1 is 1.60 bits per heavy atom. The highest BCUT2D eigenvalue weighted by Gasteiger charge is 2.35. The number of likely N-dealkylation sites (N-methyl/N-ethyl adjacent to an activating group) is 1. The number of carbonyl (C=O) groups is 1. The lowest BCUT2D eigenvalue weighted by atomic mass is 10.00. The zero-order chi connectivity index (χ0) is 11.6. The number of aliphatic carboxylic acids is 1. The fourth-order valence-electron chi connectivity index (χ4n) is 1.37. The molecule has 0 aromatic carbocycles. The van der Waals surface area contributed by atoms with Crippen LogP contribution in [0, 0.1) is 0 Å². The summed E-state index contributed by atoms with van der Waals surface area (Å²) in [5.74, 6) is -0.833. The van der Waals surface area contributed by atoms with E-state index < -0.39 is 11.5 Å². The van der Waals surface area contributed by atoms with Gasteiger partial charge >= 0.3 is 5.97 Å². The van der Waals surface area contributed by atoms with E-state index in [0.717, 1.165) is 5.56 Å². The van der Waals surface area contributed by atoms with E-state index >= 15 is 0 Å². The Bertz CT molecular complexity index is 330. The standard InChI is InChI=1S/C11H17NO3/c1-8(9-5-6-15-7-9)12(4)11(2,3)10(13)14/h5-8H,1-4H3,(H,13,14). The lowest BCUT2D eigenvalue weighted by Crippen LogP contribution is -2.48. The molecule has 1 N–H and O–H groups in total. The van der Waals surface area contributed by atoms with Crippen LogP contribution in [0.25, 0.3) is 0 Å². The number of carboxylic acid groups (broad SMARTS) is 1. The molecule has 1 rings (SSSR count). The van der Waals surface area contributed by atoms with E-state index in [1.807, 2.05) is 13.0 Å². The third-order valence-corrected chi connectivity index (χ3v) is 3.01. The number of hydrogen-bond donors (Lipinski definition) is 1. The third-order valence-electron chi connectivity index (χ3n) is 3.01. The molecule has 0 aliphatic rings. The van der Waals surface area contributed by atoms with E-state index in [1.165, 1.54) is 0 Å². The summed E-state index contributed by atoms with van der Waals surface area (Å²) in [7, 11) is 1.80. The van der Waals surface area contributed by atoms with Gasteiger partial charge in [0.1, 0.15) is 5.54 Å². The number of hydrogen-bond acceptors (Lipinski definition) is 3. The second-order valence-electron chi connectivity index (χ2n) is 4.21. The van der Waals surface area contributed by atoms with Gasteiger partial charge in [-0.2, -0.15) is 0 Å². The van der Waals surface area contributed by atoms with E-state index in [4.69, 9.17) is 9.52 Å². The molecule has 0 saturated heterocycles. The van der Waals surface area contributed by atoms with Crippen LogP contribution in [0.2, 0.25) is 0 Å². The molecule has 1 heterocycles. The van der Waals surface area contributed by atoms with Crippen LogP contribution in [0.1, 0.15) is 32.4 Å². The van der Waals surface area contributed by atoms with Crippen LogP contribution >= 0.6 is 0 Å². The Kier molecular flexibility index (Phi) is 3.19. The van der Waals surface area contributed by atoms with Crippen molar-refractivity contribution >= 4 is 5.97 Å². The van der Waals surface area contributed by atoms with Crippen LogP contribution in [-0.4, -0.2) is 28.6 Å². The fourth-order valence-corrected chi connectivity index (χ4v) is 1.37. The summed E-state index contributed by atoms with van der Waals surface area (Å²) in [6.45, 7) is 5.33. The first kappa shape index (κ1) is 11.8. The molecule has 1 aromatic rings. The van der Waals surface area contributed by atoms with E-state index in [1.54, 1.807) is 38.3 Å². The lowest BCUT2D eigenvalue weighted by Gasteiger charge is -2.35. The van der Waals surface area contributed by atoms with Crippen molar-refractivity contribution in [2.75, 3.05) is 7.05 Å². The van der Waals surface area contributed by atoms with E-state index in [-0.39, 0.29) is 6.04 Å². The van der Waals surface area contributed by atoms with Crippen LogP contribution < -0.4 is 0 Å². The van der Waals surface area contributed by atoms with Crippen LogP contribution in [0.4, 0.5) is 0 Å². The molecule has 15 heavy (non-hydrogen) atoms. The van der Waals surface area contributed by atoms with Gasteiger partial charge in [-0.1, -0.05) is 0 Å². The Labute approximate surface area is 89.5 Å². The van der Waals surface area contributed by atoms with Crippen LogP contribution in [0.5, 0.6) is 0 Å². The molecule has 0 saturated carbocycles. The van der Waals surface area contributed by atoms with Crippen molar-refractivity contribution in [1.29, 1.82) is 0 Å². The predicted octanol–water partition coefficient (Wildman–Crippen LogP) is 2.14. The van der Waals surface area contributed by atoms with Crippen molar-refractivity contribution < 1.29 is 14.3 Å². The van der Waals surface area contributed by atoms with Crippen molar-refractivity contribution in [3.05, 3.63) is 24.2 Å². The van der Waals surface area contributed by atoms with Gasteiger partial charge in [-0.25, -0.2) is 0 Å². The molecule has 1 atom stereocenters. The summed E-state index contributed by atoms with van der Waals surface area (Å²) < 4.78 is 4.98. The topological polar surface area (TPSA) is 53.7 Å². The van der Waals surface area contributed by atoms with Gasteiger partial charge in [-0.3, -0.25) is 9.69 Å². The molecule has 0 fully saturated rings. The van der Waals surface area contributed by atoms with Gasteiger partial charge in [0.05, 0.1) is 12.5 Å². The van der Waals surface area contributed by atoms with Crippen molar-refractivity contribution in [3.63, 3.8) is 0 Å². The summed E-state index contributed by atoms with van der Waals surface area (Å²) in [4.78, 5) is 12.9. The van der Waals surface area contributed by atoms with Gasteiger partial charge in [0.2, 0.25) is 0 Å². The number of carboxylic acids is 1. The molecule has 0 aliphatic heterocycles. The molecular weight excluding hydrogens is 194 g/mol. The van der Waals surface area contributed by atoms with Crippen LogP contribution in [0.3, 0.4) is 0 Å². The summed E-state index contributed by atoms with van der Waals surface area (Å²) in [6.07, 6.45) is 3.23. The van der Waals surface area contributed by atoms with Crippen molar-refractivity contribution in [2.24, 2.45) is 0 Å². The molecule has 4 heteroatoms. The largest absolute Gasteiger partial charge is 0.480 e. The van der Waals surface area contributed by atoms with Crippen LogP contribution in [0.15, 0.2) is 23.0 Å². The second-order valence-corrected chi connectivity index (χ2v) is 4.21. The first-order chi connectivity index (χ1) is 6.87. The Hall–Kier alpha value is -1.29. The monoisotopic (exact) mass is 211 g/mol. The highest BCUT2D eigenvalue weighted by molar-refractivity contribution is 5.77. The van der Waals surface area contributed by atoms with E-state index in [2.05, 4.69) is 0 Å². The first-order valence-corrected chi connectivity index (χ1v) is 4.85. The van der Waals surface area contributed by atoms with Gasteiger partial charge in [0, 0.05) is 11.6 Å². The number of furan rings is 1. The average molecular weight is 211 g/mol. The van der Waals surface area contributed by atoms with E-state index in [0.29, 0.717) is 0 Å². The fraction of sp³-hybridized carbons (Fsp3) is 0.545. The number of rotatable bonds is 4. The minimum Gasteiger partial charge on any atom is -0.480 e. The Morgan fingerprint density at radius 3 is 2.60 bits per heavy atom. The van der Waals surface area contributed by atoms with Crippen molar-refractivity contribution in [2.45, 2.75) is 32.4 Å². The van der Waals surface area contributed by atoms with Gasteiger partial charge < -0.3 is 9.52 Å².